The number of aliphatic carboxylic acids is 1. The minimum Gasteiger partial charge on any atom is -0.480 e. The van der Waals surface area contributed by atoms with Crippen LogP contribution >= 0.6 is 0 Å². The molecule has 0 aliphatic carbocycles. The van der Waals surface area contributed by atoms with Gasteiger partial charge in [-0.2, -0.15) is 0 Å². The van der Waals surface area contributed by atoms with Crippen molar-refractivity contribution in [2.75, 3.05) is 6.54 Å². The van der Waals surface area contributed by atoms with Gasteiger partial charge in [0, 0.05) is 23.6 Å². The van der Waals surface area contributed by atoms with Gasteiger partial charge in [-0.15, -0.1) is 0 Å². The molecule has 1 heterocycles. The number of H-pyrrole nitrogens is 1. The van der Waals surface area contributed by atoms with Gasteiger partial charge in [-0.05, 0) is 49.1 Å². The van der Waals surface area contributed by atoms with E-state index in [1.807, 2.05) is 38.1 Å². The third kappa shape index (κ3) is 10.4. The zero-order valence-corrected chi connectivity index (χ0v) is 24.1. The van der Waals surface area contributed by atoms with Crippen LogP contribution in [0.25, 0.3) is 10.9 Å². The number of hydrogen-bond donors (Lipinski definition) is 8. The van der Waals surface area contributed by atoms with Crippen LogP contribution in [0.3, 0.4) is 0 Å². The summed E-state index contributed by atoms with van der Waals surface area (Å²) in [4.78, 5) is 58.3. The molecule has 226 valence electrons. The number of carbonyl (C=O) groups is 4. The van der Waals surface area contributed by atoms with E-state index in [1.54, 1.807) is 20.0 Å². The van der Waals surface area contributed by atoms with Crippen LogP contribution in [0.2, 0.25) is 0 Å². The maximum absolute atomic E-state index is 13.4. The molecule has 0 spiro atoms. The van der Waals surface area contributed by atoms with Crippen molar-refractivity contribution >= 4 is 40.6 Å². The van der Waals surface area contributed by atoms with Crippen LogP contribution in [0.1, 0.15) is 52.5 Å². The Hall–Kier alpha value is -4.13. The lowest BCUT2D eigenvalue weighted by atomic mass is 9.99. The molecule has 13 heteroatoms. The van der Waals surface area contributed by atoms with Crippen LogP contribution in [-0.2, 0) is 25.6 Å². The molecule has 2 aromatic rings. The van der Waals surface area contributed by atoms with E-state index in [-0.39, 0.29) is 43.6 Å². The second kappa shape index (κ2) is 15.6. The SMILES string of the molecule is CC(C)CC(NC(=O)C(NC(=O)C(CCCN=C(N)N)NC(=O)C(N)Cc1c[nH]c2ccccc12)C(C)C)C(=O)O. The summed E-state index contributed by atoms with van der Waals surface area (Å²) in [6.45, 7) is 7.39. The minimum absolute atomic E-state index is 0.0294. The highest BCUT2D eigenvalue weighted by Gasteiger charge is 2.32. The molecule has 3 amide bonds. The number of hydrogen-bond acceptors (Lipinski definition) is 6. The molecule has 0 saturated carbocycles. The molecule has 0 saturated heterocycles. The normalized spacial score (nSPS) is 14.2. The molecule has 41 heavy (non-hydrogen) atoms. The van der Waals surface area contributed by atoms with Crippen molar-refractivity contribution in [1.29, 1.82) is 0 Å². The number of rotatable bonds is 16. The number of guanidine groups is 1. The number of carbonyl (C=O) groups excluding carboxylic acids is 3. The van der Waals surface area contributed by atoms with Crippen LogP contribution in [0.5, 0.6) is 0 Å². The van der Waals surface area contributed by atoms with Crippen molar-refractivity contribution in [2.24, 2.45) is 34.0 Å². The quantitative estimate of drug-likeness (QED) is 0.0791. The first-order valence-electron chi connectivity index (χ1n) is 13.8. The highest BCUT2D eigenvalue weighted by molar-refractivity contribution is 5.94. The summed E-state index contributed by atoms with van der Waals surface area (Å²) in [5, 5.41) is 18.4. The van der Waals surface area contributed by atoms with Crippen molar-refractivity contribution in [1.82, 2.24) is 20.9 Å². The Balaban J connectivity index is 2.16. The van der Waals surface area contributed by atoms with Crippen LogP contribution in [0, 0.1) is 11.8 Å². The van der Waals surface area contributed by atoms with Crippen molar-refractivity contribution in [3.63, 3.8) is 0 Å². The predicted octanol–water partition coefficient (Wildman–Crippen LogP) is 0.332. The van der Waals surface area contributed by atoms with Crippen molar-refractivity contribution in [3.8, 4) is 0 Å². The number of nitrogens with two attached hydrogens (primary N) is 3. The standard InChI is InChI=1S/C28H44N8O5/c1-15(2)12-22(27(40)41)35-26(39)23(16(3)4)36-25(38)21(10-7-11-32-28(30)31)34-24(37)19(29)13-17-14-33-20-9-6-5-8-18(17)20/h5-6,8-9,14-16,19,21-23,33H,7,10-13,29H2,1-4H3,(H,34,37)(H,35,39)(H,36,38)(H,40,41)(H4,30,31,32). The van der Waals surface area contributed by atoms with Gasteiger partial charge < -0.3 is 43.2 Å². The molecule has 2 rings (SSSR count). The molecule has 4 atom stereocenters. The molecule has 1 aromatic heterocycles. The molecule has 0 aliphatic rings. The number of fused-ring (bicyclic) bond motifs is 1. The summed E-state index contributed by atoms with van der Waals surface area (Å²) in [7, 11) is 0. The summed E-state index contributed by atoms with van der Waals surface area (Å²) in [5.74, 6) is -3.35. The summed E-state index contributed by atoms with van der Waals surface area (Å²) in [6, 6.07) is 3.53. The first kappa shape index (κ1) is 33.1. The molecule has 4 unspecified atom stereocenters. The number of carboxylic acid groups (broad SMARTS) is 1. The number of benzene rings is 1. The Kier molecular flexibility index (Phi) is 12.6. The number of amides is 3. The number of para-hydroxylation sites is 1. The van der Waals surface area contributed by atoms with Crippen molar-refractivity contribution in [2.45, 2.75) is 77.5 Å². The summed E-state index contributed by atoms with van der Waals surface area (Å²) in [5.41, 5.74) is 18.8. The zero-order valence-electron chi connectivity index (χ0n) is 24.1. The molecule has 0 radical (unpaired) electrons. The molecule has 11 N–H and O–H groups in total. The average Bonchev–Trinajstić information content (AvgIpc) is 3.30. The highest BCUT2D eigenvalue weighted by atomic mass is 16.4. The van der Waals surface area contributed by atoms with Crippen molar-refractivity contribution < 1.29 is 24.3 Å². The van der Waals surface area contributed by atoms with E-state index in [0.717, 1.165) is 16.5 Å². The fourth-order valence-electron chi connectivity index (χ4n) is 4.42. The van der Waals surface area contributed by atoms with E-state index in [9.17, 15) is 24.3 Å². The summed E-state index contributed by atoms with van der Waals surface area (Å²) >= 11 is 0. The third-order valence-electron chi connectivity index (χ3n) is 6.60. The maximum atomic E-state index is 13.4. The monoisotopic (exact) mass is 572 g/mol. The van der Waals surface area contributed by atoms with Gasteiger partial charge >= 0.3 is 5.97 Å². The van der Waals surface area contributed by atoms with E-state index >= 15 is 0 Å². The first-order valence-corrected chi connectivity index (χ1v) is 13.8. The van der Waals surface area contributed by atoms with E-state index in [4.69, 9.17) is 17.2 Å². The second-order valence-corrected chi connectivity index (χ2v) is 10.9. The van der Waals surface area contributed by atoms with Crippen molar-refractivity contribution in [3.05, 3.63) is 36.0 Å². The first-order chi connectivity index (χ1) is 19.3. The number of carboxylic acids is 1. The second-order valence-electron chi connectivity index (χ2n) is 10.9. The van der Waals surface area contributed by atoms with Crippen LogP contribution in [0.15, 0.2) is 35.5 Å². The topological polar surface area (TPSA) is 231 Å². The Morgan fingerprint density at radius 3 is 2.22 bits per heavy atom. The van der Waals surface area contributed by atoms with Gasteiger partial charge in [0.1, 0.15) is 18.1 Å². The molecule has 13 nitrogen and oxygen atoms in total. The largest absolute Gasteiger partial charge is 0.480 e. The Bertz CT molecular complexity index is 1220. The Labute approximate surface area is 240 Å². The third-order valence-corrected chi connectivity index (χ3v) is 6.60. The highest BCUT2D eigenvalue weighted by Crippen LogP contribution is 2.19. The number of nitrogens with zero attached hydrogens (tertiary/aromatic N) is 1. The number of aromatic nitrogens is 1. The van der Waals surface area contributed by atoms with Gasteiger partial charge in [0.25, 0.3) is 0 Å². The summed E-state index contributed by atoms with van der Waals surface area (Å²) < 4.78 is 0. The van der Waals surface area contributed by atoms with Gasteiger partial charge in [-0.3, -0.25) is 19.4 Å². The molecule has 0 aliphatic heterocycles. The lowest BCUT2D eigenvalue weighted by Crippen LogP contribution is -2.58. The van der Waals surface area contributed by atoms with Gasteiger partial charge in [0.2, 0.25) is 17.7 Å². The van der Waals surface area contributed by atoms with Crippen LogP contribution in [-0.4, -0.2) is 70.5 Å². The predicted molar refractivity (Wildman–Crippen MR) is 158 cm³/mol. The minimum atomic E-state index is -1.16. The molecule has 1 aromatic carbocycles. The summed E-state index contributed by atoms with van der Waals surface area (Å²) in [6.07, 6.45) is 2.81. The number of nitrogens with one attached hydrogen (secondary N) is 4. The Morgan fingerprint density at radius 2 is 1.61 bits per heavy atom. The van der Waals surface area contributed by atoms with Gasteiger partial charge in [0.05, 0.1) is 6.04 Å². The van der Waals surface area contributed by atoms with E-state index in [1.165, 1.54) is 0 Å². The Morgan fingerprint density at radius 1 is 0.951 bits per heavy atom. The van der Waals surface area contributed by atoms with Gasteiger partial charge in [0.15, 0.2) is 5.96 Å². The lowest BCUT2D eigenvalue weighted by molar-refractivity contribution is -0.143. The lowest BCUT2D eigenvalue weighted by Gasteiger charge is -2.27. The fourth-order valence-corrected chi connectivity index (χ4v) is 4.42. The fraction of sp³-hybridized carbons (Fsp3) is 0.536. The average molecular weight is 573 g/mol. The van der Waals surface area contributed by atoms with E-state index in [0.29, 0.717) is 6.42 Å². The molecular formula is C28H44N8O5. The van der Waals surface area contributed by atoms with Crippen LogP contribution < -0.4 is 33.2 Å². The molecule has 0 bridgehead atoms. The smallest absolute Gasteiger partial charge is 0.326 e. The van der Waals surface area contributed by atoms with E-state index < -0.39 is 47.9 Å². The number of aliphatic imine (C=N–C) groups is 1. The molecule has 0 fully saturated rings. The number of aromatic amines is 1. The molecular weight excluding hydrogens is 528 g/mol. The van der Waals surface area contributed by atoms with E-state index in [2.05, 4.69) is 25.9 Å². The van der Waals surface area contributed by atoms with Gasteiger partial charge in [-0.25, -0.2) is 4.79 Å². The van der Waals surface area contributed by atoms with Gasteiger partial charge in [-0.1, -0.05) is 45.9 Å². The maximum Gasteiger partial charge on any atom is 0.326 e. The zero-order chi connectivity index (χ0) is 30.7. The van der Waals surface area contributed by atoms with Crippen LogP contribution in [0.4, 0.5) is 0 Å².